The zero-order chi connectivity index (χ0) is 17.7. The van der Waals surface area contributed by atoms with Crippen LogP contribution in [0.3, 0.4) is 0 Å². The monoisotopic (exact) mass is 348 g/mol. The molecule has 24 heavy (non-hydrogen) atoms. The van der Waals surface area contributed by atoms with Gasteiger partial charge in [-0.05, 0) is 31.2 Å². The highest BCUT2D eigenvalue weighted by molar-refractivity contribution is 7.15. The number of amides is 1. The number of nitrogens with zero attached hydrogens (tertiary/aromatic N) is 1. The summed E-state index contributed by atoms with van der Waals surface area (Å²) in [6, 6.07) is 7.93. The Morgan fingerprint density at radius 2 is 1.67 bits per heavy atom. The molecule has 7 nitrogen and oxygen atoms in total. The van der Waals surface area contributed by atoms with Crippen molar-refractivity contribution in [1.29, 1.82) is 0 Å². The summed E-state index contributed by atoms with van der Waals surface area (Å²) in [5.74, 6) is -0.442. The summed E-state index contributed by atoms with van der Waals surface area (Å²) in [5, 5.41) is 12.9. The second-order valence-corrected chi connectivity index (χ2v) is 5.79. The third-order valence-corrected chi connectivity index (χ3v) is 4.29. The average molecular weight is 348 g/mol. The molecule has 8 heteroatoms. The number of ether oxygens (including phenoxy) is 2. The molecule has 1 aromatic heterocycles. The largest absolute Gasteiger partial charge is 0.497 e. The molecule has 126 valence electrons. The van der Waals surface area contributed by atoms with Crippen LogP contribution in [0.2, 0.25) is 0 Å². The summed E-state index contributed by atoms with van der Waals surface area (Å²) in [4.78, 5) is 24.0. The summed E-state index contributed by atoms with van der Waals surface area (Å²) >= 11 is 1.09. The molecule has 0 saturated carbocycles. The zero-order valence-corrected chi connectivity index (χ0v) is 14.1. The van der Waals surface area contributed by atoms with Crippen molar-refractivity contribution >= 4 is 28.9 Å². The maximum absolute atomic E-state index is 12.2. The molecule has 2 N–H and O–H groups in total. The normalized spacial score (nSPS) is 11.0. The van der Waals surface area contributed by atoms with Gasteiger partial charge in [0, 0.05) is 11.6 Å². The molecule has 0 unspecified atom stereocenters. The summed E-state index contributed by atoms with van der Waals surface area (Å²) in [7, 11) is 2.99. The SMILES string of the molecule is COc1cc(OC)cc(C(=O)N/N=C(/C)c2ccc(C(=O)O)s2)c1. The van der Waals surface area contributed by atoms with E-state index >= 15 is 0 Å². The lowest BCUT2D eigenvalue weighted by molar-refractivity contribution is 0.0702. The van der Waals surface area contributed by atoms with Crippen molar-refractivity contribution in [2.45, 2.75) is 6.92 Å². The first-order chi connectivity index (χ1) is 11.4. The maximum Gasteiger partial charge on any atom is 0.345 e. The van der Waals surface area contributed by atoms with Gasteiger partial charge in [0.05, 0.1) is 24.8 Å². The van der Waals surface area contributed by atoms with Crippen LogP contribution in [0.25, 0.3) is 0 Å². The second kappa shape index (κ2) is 7.60. The van der Waals surface area contributed by atoms with Crippen molar-refractivity contribution in [3.63, 3.8) is 0 Å². The second-order valence-electron chi connectivity index (χ2n) is 4.71. The van der Waals surface area contributed by atoms with Gasteiger partial charge in [-0.2, -0.15) is 5.10 Å². The Labute approximate surface area is 142 Å². The van der Waals surface area contributed by atoms with E-state index in [1.165, 1.54) is 20.3 Å². The van der Waals surface area contributed by atoms with Gasteiger partial charge < -0.3 is 14.6 Å². The van der Waals surface area contributed by atoms with Crippen molar-refractivity contribution in [3.05, 3.63) is 45.6 Å². The van der Waals surface area contributed by atoms with Crippen LogP contribution in [0.15, 0.2) is 35.4 Å². The molecule has 1 heterocycles. The van der Waals surface area contributed by atoms with Crippen molar-refractivity contribution in [2.75, 3.05) is 14.2 Å². The summed E-state index contributed by atoms with van der Waals surface area (Å²) in [6.45, 7) is 1.68. The number of methoxy groups -OCH3 is 2. The molecule has 0 aliphatic carbocycles. The van der Waals surface area contributed by atoms with Crippen LogP contribution in [0.4, 0.5) is 0 Å². The Morgan fingerprint density at radius 3 is 2.17 bits per heavy atom. The number of rotatable bonds is 6. The minimum Gasteiger partial charge on any atom is -0.497 e. The van der Waals surface area contributed by atoms with E-state index in [4.69, 9.17) is 14.6 Å². The lowest BCUT2D eigenvalue weighted by Gasteiger charge is -2.07. The van der Waals surface area contributed by atoms with Gasteiger partial charge in [-0.3, -0.25) is 4.79 Å². The van der Waals surface area contributed by atoms with Crippen molar-refractivity contribution in [2.24, 2.45) is 5.10 Å². The predicted molar refractivity (Wildman–Crippen MR) is 90.5 cm³/mol. The van der Waals surface area contributed by atoms with Gasteiger partial charge in [0.1, 0.15) is 16.4 Å². The highest BCUT2D eigenvalue weighted by atomic mass is 32.1. The zero-order valence-electron chi connectivity index (χ0n) is 13.3. The molecule has 0 aliphatic rings. The summed E-state index contributed by atoms with van der Waals surface area (Å²) < 4.78 is 10.2. The lowest BCUT2D eigenvalue weighted by Crippen LogP contribution is -2.19. The lowest BCUT2D eigenvalue weighted by atomic mass is 10.2. The Balaban J connectivity index is 2.15. The minimum absolute atomic E-state index is 0.211. The highest BCUT2D eigenvalue weighted by Gasteiger charge is 2.11. The molecule has 0 fully saturated rings. The van der Waals surface area contributed by atoms with Gasteiger partial charge >= 0.3 is 5.97 Å². The molecular formula is C16H16N2O5S. The molecule has 1 amide bonds. The van der Waals surface area contributed by atoms with E-state index in [-0.39, 0.29) is 4.88 Å². The number of hydrogen-bond acceptors (Lipinski definition) is 6. The maximum atomic E-state index is 12.2. The van der Waals surface area contributed by atoms with Crippen LogP contribution >= 0.6 is 11.3 Å². The van der Waals surface area contributed by atoms with Crippen molar-refractivity contribution in [3.8, 4) is 11.5 Å². The number of nitrogens with one attached hydrogen (secondary N) is 1. The van der Waals surface area contributed by atoms with Crippen LogP contribution in [0.5, 0.6) is 11.5 Å². The quantitative estimate of drug-likeness (QED) is 0.618. The molecule has 2 rings (SSSR count). The van der Waals surface area contributed by atoms with Crippen LogP contribution in [0.1, 0.15) is 31.8 Å². The number of aromatic carboxylic acids is 1. The number of thiophene rings is 1. The molecule has 0 aliphatic heterocycles. The number of carboxylic acid groups (broad SMARTS) is 1. The van der Waals surface area contributed by atoms with Crippen molar-refractivity contribution < 1.29 is 24.2 Å². The Hall–Kier alpha value is -2.87. The minimum atomic E-state index is -0.994. The van der Waals surface area contributed by atoms with E-state index in [1.807, 2.05) is 0 Å². The van der Waals surface area contributed by atoms with E-state index < -0.39 is 11.9 Å². The Bertz CT molecular complexity index is 775. The van der Waals surface area contributed by atoms with E-state index in [1.54, 1.807) is 31.2 Å². The van der Waals surface area contributed by atoms with Gasteiger partial charge in [0.25, 0.3) is 5.91 Å². The number of hydrazone groups is 1. The topological polar surface area (TPSA) is 97.2 Å². The van der Waals surface area contributed by atoms with Crippen LogP contribution in [-0.2, 0) is 0 Å². The third kappa shape index (κ3) is 4.11. The van der Waals surface area contributed by atoms with Gasteiger partial charge in [0.15, 0.2) is 0 Å². The van der Waals surface area contributed by atoms with Gasteiger partial charge in [-0.15, -0.1) is 11.3 Å². The fraction of sp³-hybridized carbons (Fsp3) is 0.188. The average Bonchev–Trinajstić information content (AvgIpc) is 3.09. The van der Waals surface area contributed by atoms with E-state index in [0.29, 0.717) is 27.7 Å². The fourth-order valence-electron chi connectivity index (χ4n) is 1.84. The van der Waals surface area contributed by atoms with E-state index in [0.717, 1.165) is 11.3 Å². The van der Waals surface area contributed by atoms with E-state index in [2.05, 4.69) is 10.5 Å². The standard InChI is InChI=1S/C16H16N2O5S/c1-9(13-4-5-14(24-13)16(20)21)17-18-15(19)10-6-11(22-2)8-12(7-10)23-3/h4-8H,1-3H3,(H,18,19)(H,20,21)/b17-9-. The molecule has 0 radical (unpaired) electrons. The summed E-state index contributed by atoms with van der Waals surface area (Å²) in [5.41, 5.74) is 3.28. The molecule has 2 aromatic rings. The molecule has 0 spiro atoms. The predicted octanol–water partition coefficient (Wildman–Crippen LogP) is 2.62. The number of hydrogen-bond donors (Lipinski definition) is 2. The van der Waals surface area contributed by atoms with Gasteiger partial charge in [-0.1, -0.05) is 0 Å². The Kier molecular flexibility index (Phi) is 5.54. The number of benzene rings is 1. The smallest absolute Gasteiger partial charge is 0.345 e. The molecule has 0 bridgehead atoms. The first-order valence-corrected chi connectivity index (χ1v) is 7.67. The number of carbonyl (C=O) groups excluding carboxylic acids is 1. The van der Waals surface area contributed by atoms with E-state index in [9.17, 15) is 9.59 Å². The number of carbonyl (C=O) groups is 2. The highest BCUT2D eigenvalue weighted by Crippen LogP contribution is 2.22. The molecular weight excluding hydrogens is 332 g/mol. The molecule has 0 saturated heterocycles. The first-order valence-electron chi connectivity index (χ1n) is 6.85. The number of carboxylic acids is 1. The van der Waals surface area contributed by atoms with Gasteiger partial charge in [0.2, 0.25) is 0 Å². The van der Waals surface area contributed by atoms with Gasteiger partial charge in [-0.25, -0.2) is 10.2 Å². The molecule has 0 atom stereocenters. The van der Waals surface area contributed by atoms with Crippen LogP contribution in [0, 0.1) is 0 Å². The Morgan fingerprint density at radius 1 is 1.08 bits per heavy atom. The van der Waals surface area contributed by atoms with Crippen LogP contribution in [-0.4, -0.2) is 36.9 Å². The van der Waals surface area contributed by atoms with Crippen LogP contribution < -0.4 is 14.9 Å². The fourth-order valence-corrected chi connectivity index (χ4v) is 2.63. The first kappa shape index (κ1) is 17.5. The van der Waals surface area contributed by atoms with Crippen molar-refractivity contribution in [1.82, 2.24) is 5.43 Å². The third-order valence-electron chi connectivity index (χ3n) is 3.11. The molecule has 1 aromatic carbocycles. The summed E-state index contributed by atoms with van der Waals surface area (Å²) in [6.07, 6.45) is 0.